The van der Waals surface area contributed by atoms with Crippen molar-refractivity contribution >= 4 is 51.0 Å². The Morgan fingerprint density at radius 2 is 1.77 bits per heavy atom. The van der Waals surface area contributed by atoms with Crippen LogP contribution in [-0.4, -0.2) is 13.0 Å². The SMILES string of the molecule is COc1cc(/C=C(/C#N)C(=O)Nc2ccccc2C)cc(I)c1OCc1ccc2ccccc2c1. The fourth-order valence-electron chi connectivity index (χ4n) is 3.67. The van der Waals surface area contributed by atoms with Crippen LogP contribution in [0.2, 0.25) is 0 Å². The number of ether oxygens (including phenoxy) is 2. The molecule has 5 nitrogen and oxygen atoms in total. The first-order valence-corrected chi connectivity index (χ1v) is 12.0. The number of methoxy groups -OCH3 is 1. The maximum absolute atomic E-state index is 12.7. The first kappa shape index (κ1) is 24.3. The molecule has 174 valence electrons. The number of benzene rings is 4. The van der Waals surface area contributed by atoms with E-state index in [1.165, 1.54) is 5.39 Å². The molecule has 0 unspecified atom stereocenters. The van der Waals surface area contributed by atoms with Crippen LogP contribution in [0.15, 0.2) is 84.4 Å². The second-order valence-corrected chi connectivity index (χ2v) is 9.11. The van der Waals surface area contributed by atoms with Crippen LogP contribution in [0.1, 0.15) is 16.7 Å². The molecule has 0 aromatic heterocycles. The number of para-hydroxylation sites is 1. The van der Waals surface area contributed by atoms with Gasteiger partial charge in [0.15, 0.2) is 11.5 Å². The highest BCUT2D eigenvalue weighted by Gasteiger charge is 2.15. The molecule has 0 atom stereocenters. The lowest BCUT2D eigenvalue weighted by molar-refractivity contribution is -0.112. The summed E-state index contributed by atoms with van der Waals surface area (Å²) in [6, 6.07) is 27.5. The van der Waals surface area contributed by atoms with Gasteiger partial charge in [-0.15, -0.1) is 0 Å². The number of aryl methyl sites for hydroxylation is 1. The van der Waals surface area contributed by atoms with Gasteiger partial charge in [0.05, 0.1) is 10.7 Å². The van der Waals surface area contributed by atoms with Gasteiger partial charge in [0, 0.05) is 5.69 Å². The molecule has 1 N–H and O–H groups in total. The van der Waals surface area contributed by atoms with E-state index in [-0.39, 0.29) is 5.57 Å². The van der Waals surface area contributed by atoms with E-state index >= 15 is 0 Å². The Hall–Kier alpha value is -3.83. The number of hydrogen-bond donors (Lipinski definition) is 1. The molecule has 0 aliphatic carbocycles. The third-order valence-electron chi connectivity index (χ3n) is 5.52. The minimum atomic E-state index is -0.465. The summed E-state index contributed by atoms with van der Waals surface area (Å²) in [7, 11) is 1.57. The van der Waals surface area contributed by atoms with Gasteiger partial charge in [-0.05, 0) is 87.3 Å². The zero-order chi connectivity index (χ0) is 24.8. The van der Waals surface area contributed by atoms with Crippen molar-refractivity contribution in [3.63, 3.8) is 0 Å². The van der Waals surface area contributed by atoms with Gasteiger partial charge in [-0.25, -0.2) is 0 Å². The van der Waals surface area contributed by atoms with Gasteiger partial charge in [0.25, 0.3) is 5.91 Å². The smallest absolute Gasteiger partial charge is 0.266 e. The molecule has 6 heteroatoms. The van der Waals surface area contributed by atoms with Crippen LogP contribution >= 0.6 is 22.6 Å². The van der Waals surface area contributed by atoms with Crippen LogP contribution in [0, 0.1) is 21.8 Å². The molecule has 0 aliphatic heterocycles. The van der Waals surface area contributed by atoms with Crippen LogP contribution in [0.4, 0.5) is 5.69 Å². The number of halogens is 1. The van der Waals surface area contributed by atoms with E-state index in [0.29, 0.717) is 29.4 Å². The van der Waals surface area contributed by atoms with Crippen molar-refractivity contribution in [1.82, 2.24) is 0 Å². The molecule has 0 saturated carbocycles. The number of fused-ring (bicyclic) bond motifs is 1. The van der Waals surface area contributed by atoms with Crippen molar-refractivity contribution in [3.8, 4) is 17.6 Å². The first-order valence-electron chi connectivity index (χ1n) is 11.0. The summed E-state index contributed by atoms with van der Waals surface area (Å²) in [5, 5.41) is 14.7. The summed E-state index contributed by atoms with van der Waals surface area (Å²) in [5.41, 5.74) is 3.30. The Balaban J connectivity index is 1.55. The molecule has 0 fully saturated rings. The maximum atomic E-state index is 12.7. The average molecular weight is 574 g/mol. The summed E-state index contributed by atoms with van der Waals surface area (Å²) < 4.78 is 12.5. The highest BCUT2D eigenvalue weighted by atomic mass is 127. The molecular weight excluding hydrogens is 551 g/mol. The quantitative estimate of drug-likeness (QED) is 0.148. The van der Waals surface area contributed by atoms with Gasteiger partial charge in [-0.1, -0.05) is 54.6 Å². The fourth-order valence-corrected chi connectivity index (χ4v) is 4.45. The molecule has 0 spiro atoms. The lowest BCUT2D eigenvalue weighted by Crippen LogP contribution is -2.14. The van der Waals surface area contributed by atoms with E-state index in [0.717, 1.165) is 20.1 Å². The average Bonchev–Trinajstić information content (AvgIpc) is 2.87. The van der Waals surface area contributed by atoms with Gasteiger partial charge in [-0.2, -0.15) is 5.26 Å². The van der Waals surface area contributed by atoms with Crippen LogP contribution in [0.3, 0.4) is 0 Å². The minimum absolute atomic E-state index is 0.00376. The van der Waals surface area contributed by atoms with E-state index in [4.69, 9.17) is 9.47 Å². The number of carbonyl (C=O) groups is 1. The summed E-state index contributed by atoms with van der Waals surface area (Å²) in [5.74, 6) is 0.675. The van der Waals surface area contributed by atoms with Gasteiger partial charge in [-0.3, -0.25) is 4.79 Å². The van der Waals surface area contributed by atoms with Crippen molar-refractivity contribution in [3.05, 3.63) is 105 Å². The first-order chi connectivity index (χ1) is 17.0. The van der Waals surface area contributed by atoms with Crippen molar-refractivity contribution in [1.29, 1.82) is 5.26 Å². The Morgan fingerprint density at radius 3 is 2.51 bits per heavy atom. The molecule has 0 bridgehead atoms. The molecule has 4 aromatic rings. The normalized spacial score (nSPS) is 11.1. The molecule has 0 radical (unpaired) electrons. The third kappa shape index (κ3) is 5.81. The largest absolute Gasteiger partial charge is 0.493 e. The molecule has 4 rings (SSSR count). The Bertz CT molecular complexity index is 1470. The Morgan fingerprint density at radius 1 is 1.03 bits per heavy atom. The summed E-state index contributed by atoms with van der Waals surface area (Å²) in [6.07, 6.45) is 1.55. The maximum Gasteiger partial charge on any atom is 0.266 e. The number of rotatable bonds is 7. The monoisotopic (exact) mass is 574 g/mol. The van der Waals surface area contributed by atoms with Crippen molar-refractivity contribution < 1.29 is 14.3 Å². The summed E-state index contributed by atoms with van der Waals surface area (Å²) >= 11 is 2.17. The lowest BCUT2D eigenvalue weighted by atomic mass is 10.1. The number of nitrogens with one attached hydrogen (secondary N) is 1. The Kier molecular flexibility index (Phi) is 7.68. The number of carbonyl (C=O) groups excluding carboxylic acids is 1. The molecule has 0 heterocycles. The van der Waals surface area contributed by atoms with Gasteiger partial charge in [0.2, 0.25) is 0 Å². The predicted molar refractivity (Wildman–Crippen MR) is 147 cm³/mol. The van der Waals surface area contributed by atoms with Crippen LogP contribution < -0.4 is 14.8 Å². The number of amides is 1. The molecule has 4 aromatic carbocycles. The zero-order valence-electron chi connectivity index (χ0n) is 19.3. The van der Waals surface area contributed by atoms with Gasteiger partial charge >= 0.3 is 0 Å². The third-order valence-corrected chi connectivity index (χ3v) is 6.32. The second kappa shape index (κ2) is 11.1. The second-order valence-electron chi connectivity index (χ2n) is 7.94. The van der Waals surface area contributed by atoms with E-state index < -0.39 is 5.91 Å². The number of nitrogens with zero attached hydrogens (tertiary/aromatic N) is 1. The molecule has 0 saturated heterocycles. The standard InChI is InChI=1S/C29H23IN2O3/c1-19-7-3-6-10-26(19)32-29(33)24(17-31)14-21-15-25(30)28(27(16-21)34-2)35-18-20-11-12-22-8-4-5-9-23(22)13-20/h3-16H,18H2,1-2H3,(H,32,33)/b24-14-. The summed E-state index contributed by atoms with van der Waals surface area (Å²) in [4.78, 5) is 12.7. The minimum Gasteiger partial charge on any atom is -0.493 e. The van der Waals surface area contributed by atoms with Gasteiger partial charge < -0.3 is 14.8 Å². The van der Waals surface area contributed by atoms with E-state index in [1.807, 2.05) is 55.5 Å². The Labute approximate surface area is 218 Å². The van der Waals surface area contributed by atoms with Crippen LogP contribution in [-0.2, 0) is 11.4 Å². The highest BCUT2D eigenvalue weighted by molar-refractivity contribution is 14.1. The zero-order valence-corrected chi connectivity index (χ0v) is 21.5. The summed E-state index contributed by atoms with van der Waals surface area (Å²) in [6.45, 7) is 2.28. The highest BCUT2D eigenvalue weighted by Crippen LogP contribution is 2.35. The van der Waals surface area contributed by atoms with Crippen LogP contribution in [0.25, 0.3) is 16.8 Å². The molecule has 1 amide bonds. The molecule has 35 heavy (non-hydrogen) atoms. The van der Waals surface area contributed by atoms with E-state index in [1.54, 1.807) is 25.3 Å². The van der Waals surface area contributed by atoms with E-state index in [2.05, 4.69) is 52.2 Å². The number of anilines is 1. The number of hydrogen-bond acceptors (Lipinski definition) is 4. The van der Waals surface area contributed by atoms with Crippen molar-refractivity contribution in [2.45, 2.75) is 13.5 Å². The van der Waals surface area contributed by atoms with Crippen molar-refractivity contribution in [2.24, 2.45) is 0 Å². The predicted octanol–water partition coefficient (Wildman–Crippen LogP) is 6.89. The van der Waals surface area contributed by atoms with E-state index in [9.17, 15) is 10.1 Å². The topological polar surface area (TPSA) is 71.3 Å². The fraction of sp³-hybridized carbons (Fsp3) is 0.103. The molecular formula is C29H23IN2O3. The lowest BCUT2D eigenvalue weighted by Gasteiger charge is -2.14. The van der Waals surface area contributed by atoms with Gasteiger partial charge in [0.1, 0.15) is 18.2 Å². The number of nitriles is 1. The molecule has 0 aliphatic rings. The van der Waals surface area contributed by atoms with Crippen molar-refractivity contribution in [2.75, 3.05) is 12.4 Å². The van der Waals surface area contributed by atoms with Crippen LogP contribution in [0.5, 0.6) is 11.5 Å².